The Bertz CT molecular complexity index is 1050. The number of amides is 1. The molecule has 0 unspecified atom stereocenters. The summed E-state index contributed by atoms with van der Waals surface area (Å²) in [5, 5.41) is 5.25. The largest absolute Gasteiger partial charge is 0.432 e. The number of H-pyrrole nitrogens is 2. The molecule has 1 aromatic carbocycles. The van der Waals surface area contributed by atoms with Gasteiger partial charge in [0.05, 0.1) is 10.9 Å². The molecule has 0 aliphatic carbocycles. The lowest BCUT2D eigenvalue weighted by Crippen LogP contribution is -2.34. The second-order valence-corrected chi connectivity index (χ2v) is 5.11. The van der Waals surface area contributed by atoms with Gasteiger partial charge in [0, 0.05) is 6.07 Å². The van der Waals surface area contributed by atoms with Crippen molar-refractivity contribution in [3.05, 3.63) is 56.8 Å². The fourth-order valence-electron chi connectivity index (χ4n) is 2.01. The maximum atomic E-state index is 12.5. The summed E-state index contributed by atoms with van der Waals surface area (Å²) < 4.78 is 38.2. The van der Waals surface area contributed by atoms with E-state index in [1.54, 1.807) is 23.3 Å². The molecule has 0 saturated carbocycles. The van der Waals surface area contributed by atoms with Gasteiger partial charge in [-0.3, -0.25) is 20.1 Å². The van der Waals surface area contributed by atoms with Crippen molar-refractivity contribution < 1.29 is 18.0 Å². The highest BCUT2D eigenvalue weighted by molar-refractivity contribution is 7.71. The molecule has 2 heterocycles. The van der Waals surface area contributed by atoms with Gasteiger partial charge in [-0.2, -0.15) is 22.9 Å². The Morgan fingerprint density at radius 2 is 2.00 bits per heavy atom. The second kappa shape index (κ2) is 5.60. The third kappa shape index (κ3) is 2.80. The molecule has 24 heavy (non-hydrogen) atoms. The quantitative estimate of drug-likeness (QED) is 0.614. The zero-order valence-corrected chi connectivity index (χ0v) is 12.5. The van der Waals surface area contributed by atoms with Crippen LogP contribution in [0, 0.1) is 4.77 Å². The Morgan fingerprint density at radius 1 is 1.29 bits per heavy atom. The van der Waals surface area contributed by atoms with E-state index >= 15 is 0 Å². The molecule has 1 amide bonds. The van der Waals surface area contributed by atoms with E-state index in [1.807, 2.05) is 0 Å². The van der Waals surface area contributed by atoms with Gasteiger partial charge in [-0.25, -0.2) is 0 Å². The van der Waals surface area contributed by atoms with Crippen LogP contribution in [0.25, 0.3) is 10.9 Å². The van der Waals surface area contributed by atoms with Crippen LogP contribution in [-0.4, -0.2) is 25.8 Å². The number of aromatic nitrogens is 4. The van der Waals surface area contributed by atoms with Gasteiger partial charge in [0.25, 0.3) is 11.5 Å². The molecule has 3 N–H and O–H groups in total. The summed E-state index contributed by atoms with van der Waals surface area (Å²) >= 11 is 4.98. The number of hydrogen-bond donors (Lipinski definition) is 3. The smallest absolute Gasteiger partial charge is 0.330 e. The van der Waals surface area contributed by atoms with Gasteiger partial charge in [-0.05, 0) is 24.4 Å². The predicted octanol–water partition coefficient (Wildman–Crippen LogP) is 2.18. The second-order valence-electron chi connectivity index (χ2n) is 4.72. The number of halogens is 3. The number of carbonyl (C=O) groups excluding carboxylic acids is 1. The number of fused-ring (bicyclic) bond motifs is 1. The van der Waals surface area contributed by atoms with E-state index in [-0.39, 0.29) is 10.2 Å². The molecule has 3 aromatic rings. The molecule has 0 aliphatic heterocycles. The van der Waals surface area contributed by atoms with Crippen molar-refractivity contribution in [2.75, 3.05) is 5.43 Å². The van der Waals surface area contributed by atoms with Crippen molar-refractivity contribution in [1.29, 1.82) is 0 Å². The minimum absolute atomic E-state index is 0.112. The third-order valence-corrected chi connectivity index (χ3v) is 3.42. The molecular formula is C13H8F3N5O2S. The highest BCUT2D eigenvalue weighted by Crippen LogP contribution is 2.27. The van der Waals surface area contributed by atoms with E-state index in [0.29, 0.717) is 11.6 Å². The van der Waals surface area contributed by atoms with E-state index in [9.17, 15) is 22.8 Å². The Morgan fingerprint density at radius 3 is 2.67 bits per heavy atom. The number of para-hydroxylation sites is 1. The van der Waals surface area contributed by atoms with Crippen LogP contribution in [0.2, 0.25) is 0 Å². The van der Waals surface area contributed by atoms with Crippen LogP contribution in [0.1, 0.15) is 16.2 Å². The van der Waals surface area contributed by atoms with Crippen LogP contribution >= 0.6 is 12.2 Å². The number of nitrogens with zero attached hydrogens (tertiary/aromatic N) is 2. The Hall–Kier alpha value is -2.95. The zero-order valence-electron chi connectivity index (χ0n) is 11.6. The molecular weight excluding hydrogens is 347 g/mol. The first-order valence-electron chi connectivity index (χ1n) is 6.45. The fourth-order valence-corrected chi connectivity index (χ4v) is 2.24. The van der Waals surface area contributed by atoms with Gasteiger partial charge >= 0.3 is 6.18 Å². The Balaban J connectivity index is 1.98. The van der Waals surface area contributed by atoms with Crippen LogP contribution in [0.3, 0.4) is 0 Å². The van der Waals surface area contributed by atoms with E-state index < -0.39 is 29.0 Å². The molecule has 2 aromatic heterocycles. The lowest BCUT2D eigenvalue weighted by Gasteiger charge is -2.08. The van der Waals surface area contributed by atoms with E-state index in [2.05, 4.69) is 15.5 Å². The first-order valence-corrected chi connectivity index (χ1v) is 6.86. The third-order valence-electron chi connectivity index (χ3n) is 3.13. The number of alkyl halides is 3. The molecule has 0 aliphatic rings. The highest BCUT2D eigenvalue weighted by atomic mass is 32.1. The number of nitrogens with one attached hydrogen (secondary N) is 3. The molecule has 11 heteroatoms. The molecule has 0 atom stereocenters. The van der Waals surface area contributed by atoms with Crippen molar-refractivity contribution in [2.45, 2.75) is 6.18 Å². The van der Waals surface area contributed by atoms with Gasteiger partial charge in [0.2, 0.25) is 0 Å². The van der Waals surface area contributed by atoms with Gasteiger partial charge in [0.1, 0.15) is 5.69 Å². The Labute approximate surface area is 136 Å². The molecule has 0 saturated heterocycles. The van der Waals surface area contributed by atoms with E-state index in [1.165, 1.54) is 6.07 Å². The van der Waals surface area contributed by atoms with Crippen molar-refractivity contribution in [3.8, 4) is 0 Å². The van der Waals surface area contributed by atoms with Gasteiger partial charge in [0.15, 0.2) is 10.5 Å². The summed E-state index contributed by atoms with van der Waals surface area (Å²) in [5.74, 6) is -1.02. The maximum absolute atomic E-state index is 12.5. The van der Waals surface area contributed by atoms with Crippen LogP contribution in [0.4, 0.5) is 13.2 Å². The van der Waals surface area contributed by atoms with Crippen molar-refractivity contribution >= 4 is 29.0 Å². The summed E-state index contributed by atoms with van der Waals surface area (Å²) in [6, 6.07) is 6.99. The van der Waals surface area contributed by atoms with Gasteiger partial charge in [-0.1, -0.05) is 12.1 Å². The molecule has 124 valence electrons. The van der Waals surface area contributed by atoms with Crippen LogP contribution in [0.5, 0.6) is 0 Å². The number of carbonyl (C=O) groups is 1. The zero-order chi connectivity index (χ0) is 17.5. The van der Waals surface area contributed by atoms with Crippen LogP contribution in [0.15, 0.2) is 35.1 Å². The molecule has 0 bridgehead atoms. The number of rotatable bonds is 2. The highest BCUT2D eigenvalue weighted by Gasteiger charge is 2.33. The van der Waals surface area contributed by atoms with Gasteiger partial charge in [-0.15, -0.1) is 0 Å². The minimum Gasteiger partial charge on any atom is -0.330 e. The van der Waals surface area contributed by atoms with Crippen LogP contribution < -0.4 is 11.0 Å². The van der Waals surface area contributed by atoms with Crippen molar-refractivity contribution in [1.82, 2.24) is 19.9 Å². The summed E-state index contributed by atoms with van der Waals surface area (Å²) in [7, 11) is 0. The molecule has 0 spiro atoms. The monoisotopic (exact) mass is 355 g/mol. The SMILES string of the molecule is O=C(Nn1c(=S)[nH]c2ccccc2c1=O)c1cc(C(F)(F)F)[nH]n1. The summed E-state index contributed by atoms with van der Waals surface area (Å²) in [6.45, 7) is 0. The summed E-state index contributed by atoms with van der Waals surface area (Å²) in [6.07, 6.45) is -4.66. The van der Waals surface area contributed by atoms with Gasteiger partial charge < -0.3 is 4.98 Å². The van der Waals surface area contributed by atoms with Crippen LogP contribution in [-0.2, 0) is 6.18 Å². The number of benzene rings is 1. The standard InChI is InChI=1S/C13H8F3N5O2S/c14-13(15,16)9-5-8(18-19-9)10(22)20-21-11(23)6-3-1-2-4-7(6)17-12(21)24/h1-5H,(H,17,24)(H,18,19)(H,20,22). The van der Waals surface area contributed by atoms with Crippen molar-refractivity contribution in [2.24, 2.45) is 0 Å². The number of aromatic amines is 2. The van der Waals surface area contributed by atoms with Crippen molar-refractivity contribution in [3.63, 3.8) is 0 Å². The first-order chi connectivity index (χ1) is 11.3. The molecule has 0 radical (unpaired) electrons. The number of hydrogen-bond acceptors (Lipinski definition) is 4. The first kappa shape index (κ1) is 15.9. The minimum atomic E-state index is -4.66. The predicted molar refractivity (Wildman–Crippen MR) is 80.7 cm³/mol. The normalized spacial score (nSPS) is 11.6. The summed E-state index contributed by atoms with van der Waals surface area (Å²) in [5.41, 5.74) is 0.277. The van der Waals surface area contributed by atoms with E-state index in [0.717, 1.165) is 4.68 Å². The molecule has 7 nitrogen and oxygen atoms in total. The fraction of sp³-hybridized carbons (Fsp3) is 0.0769. The topological polar surface area (TPSA) is 95.6 Å². The Kier molecular flexibility index (Phi) is 3.72. The molecule has 3 rings (SSSR count). The lowest BCUT2D eigenvalue weighted by molar-refractivity contribution is -0.141. The van der Waals surface area contributed by atoms with E-state index in [4.69, 9.17) is 12.2 Å². The maximum Gasteiger partial charge on any atom is 0.432 e. The summed E-state index contributed by atoms with van der Waals surface area (Å²) in [4.78, 5) is 27.1. The average Bonchev–Trinajstić information content (AvgIpc) is 3.01. The average molecular weight is 355 g/mol. The lowest BCUT2D eigenvalue weighted by atomic mass is 10.2. The molecule has 0 fully saturated rings.